The number of nitrogens with zero attached hydrogens (tertiary/aromatic N) is 1. The molecule has 1 aliphatic rings. The van der Waals surface area contributed by atoms with Crippen LogP contribution in [0.4, 0.5) is 5.82 Å². The molecule has 0 spiro atoms. The molecule has 0 bridgehead atoms. The summed E-state index contributed by atoms with van der Waals surface area (Å²) in [7, 11) is 0. The van der Waals surface area contributed by atoms with E-state index in [-0.39, 0.29) is 23.3 Å². The molecule has 0 saturated heterocycles. The highest BCUT2D eigenvalue weighted by atomic mass is 16.2. The molecule has 0 radical (unpaired) electrons. The first kappa shape index (κ1) is 14.1. The molecule has 0 aliphatic heterocycles. The van der Waals surface area contributed by atoms with E-state index in [1.54, 1.807) is 6.20 Å². The van der Waals surface area contributed by atoms with Crippen molar-refractivity contribution in [3.8, 4) is 0 Å². The van der Waals surface area contributed by atoms with Crippen LogP contribution in [0.25, 0.3) is 0 Å². The maximum atomic E-state index is 12.5. The van der Waals surface area contributed by atoms with Gasteiger partial charge in [0.2, 0.25) is 5.91 Å². The second kappa shape index (κ2) is 4.96. The minimum absolute atomic E-state index is 0.00926. The summed E-state index contributed by atoms with van der Waals surface area (Å²) in [4.78, 5) is 12.5. The monoisotopic (exact) mass is 264 g/mol. The van der Waals surface area contributed by atoms with Gasteiger partial charge < -0.3 is 11.1 Å². The van der Waals surface area contributed by atoms with Crippen molar-refractivity contribution in [3.63, 3.8) is 0 Å². The average Bonchev–Trinajstić information content (AvgIpc) is 2.72. The summed E-state index contributed by atoms with van der Waals surface area (Å²) in [6, 6.07) is 0.188. The number of aromatic amines is 1. The standard InChI is InChI=1S/C14H24N4O/c1-8-7-16-18-12(8)17-13(19)10-5-6-11(15)9(2)14(10,3)4/h7,9-11H,5-6,15H2,1-4H3,(H2,16,17,18,19). The first-order valence-corrected chi connectivity index (χ1v) is 6.90. The van der Waals surface area contributed by atoms with Crippen LogP contribution in [0.5, 0.6) is 0 Å². The number of aromatic nitrogens is 2. The van der Waals surface area contributed by atoms with Crippen molar-refractivity contribution in [2.45, 2.75) is 46.6 Å². The number of H-pyrrole nitrogens is 1. The van der Waals surface area contributed by atoms with E-state index in [0.29, 0.717) is 11.7 Å². The van der Waals surface area contributed by atoms with Crippen molar-refractivity contribution < 1.29 is 4.79 Å². The number of rotatable bonds is 2. The van der Waals surface area contributed by atoms with Gasteiger partial charge in [0, 0.05) is 17.5 Å². The van der Waals surface area contributed by atoms with Crippen LogP contribution in [-0.2, 0) is 4.79 Å². The van der Waals surface area contributed by atoms with Gasteiger partial charge in [-0.25, -0.2) is 0 Å². The van der Waals surface area contributed by atoms with Gasteiger partial charge in [0.15, 0.2) is 0 Å². The third-order valence-corrected chi connectivity index (χ3v) is 4.90. The smallest absolute Gasteiger partial charge is 0.229 e. The lowest BCUT2D eigenvalue weighted by atomic mass is 9.61. The number of hydrogen-bond donors (Lipinski definition) is 3. The van der Waals surface area contributed by atoms with Crippen LogP contribution in [-0.4, -0.2) is 22.1 Å². The largest absolute Gasteiger partial charge is 0.327 e. The molecule has 1 heterocycles. The molecule has 0 aromatic carbocycles. The predicted molar refractivity (Wildman–Crippen MR) is 75.6 cm³/mol. The van der Waals surface area contributed by atoms with E-state index in [2.05, 4.69) is 36.3 Å². The SMILES string of the molecule is Cc1cn[nH]c1NC(=O)C1CCC(N)C(C)C1(C)C. The van der Waals surface area contributed by atoms with E-state index in [1.165, 1.54) is 0 Å². The third-order valence-electron chi connectivity index (χ3n) is 4.90. The van der Waals surface area contributed by atoms with Crippen LogP contribution >= 0.6 is 0 Å². The Hall–Kier alpha value is -1.36. The van der Waals surface area contributed by atoms with E-state index < -0.39 is 0 Å². The number of nitrogens with two attached hydrogens (primary N) is 1. The number of anilines is 1. The van der Waals surface area contributed by atoms with Gasteiger partial charge in [-0.1, -0.05) is 20.8 Å². The number of aryl methyl sites for hydroxylation is 1. The van der Waals surface area contributed by atoms with Gasteiger partial charge in [-0.15, -0.1) is 0 Å². The van der Waals surface area contributed by atoms with Gasteiger partial charge >= 0.3 is 0 Å². The Morgan fingerprint density at radius 1 is 1.53 bits per heavy atom. The molecule has 19 heavy (non-hydrogen) atoms. The molecule has 1 fully saturated rings. The minimum atomic E-state index is -0.0876. The molecule has 1 aliphatic carbocycles. The fourth-order valence-electron chi connectivity index (χ4n) is 3.00. The van der Waals surface area contributed by atoms with Crippen LogP contribution in [0.2, 0.25) is 0 Å². The minimum Gasteiger partial charge on any atom is -0.327 e. The van der Waals surface area contributed by atoms with E-state index in [0.717, 1.165) is 18.4 Å². The lowest BCUT2D eigenvalue weighted by molar-refractivity contribution is -0.127. The van der Waals surface area contributed by atoms with Gasteiger partial charge in [0.1, 0.15) is 5.82 Å². The molecular weight excluding hydrogens is 240 g/mol. The fourth-order valence-corrected chi connectivity index (χ4v) is 3.00. The number of nitrogens with one attached hydrogen (secondary N) is 2. The maximum absolute atomic E-state index is 12.5. The molecule has 106 valence electrons. The summed E-state index contributed by atoms with van der Waals surface area (Å²) >= 11 is 0. The van der Waals surface area contributed by atoms with Crippen molar-refractivity contribution in [3.05, 3.63) is 11.8 Å². The Balaban J connectivity index is 2.13. The zero-order valence-electron chi connectivity index (χ0n) is 12.2. The number of carbonyl (C=O) groups is 1. The van der Waals surface area contributed by atoms with Gasteiger partial charge in [-0.2, -0.15) is 5.10 Å². The number of hydrogen-bond acceptors (Lipinski definition) is 3. The lowest BCUT2D eigenvalue weighted by Gasteiger charge is -2.45. The molecule has 1 aromatic rings. The van der Waals surface area contributed by atoms with Crippen molar-refractivity contribution in [2.24, 2.45) is 23.0 Å². The topological polar surface area (TPSA) is 83.8 Å². The van der Waals surface area contributed by atoms with Gasteiger partial charge in [0.05, 0.1) is 6.20 Å². The quantitative estimate of drug-likeness (QED) is 0.764. The number of carbonyl (C=O) groups excluding carboxylic acids is 1. The van der Waals surface area contributed by atoms with Crippen LogP contribution < -0.4 is 11.1 Å². The van der Waals surface area contributed by atoms with Crippen LogP contribution in [0, 0.1) is 24.2 Å². The van der Waals surface area contributed by atoms with Gasteiger partial charge in [0.25, 0.3) is 0 Å². The molecule has 1 amide bonds. The molecule has 1 saturated carbocycles. The maximum Gasteiger partial charge on any atom is 0.229 e. The Morgan fingerprint density at radius 3 is 2.79 bits per heavy atom. The highest BCUT2D eigenvalue weighted by Gasteiger charge is 2.45. The Kier molecular flexibility index (Phi) is 3.67. The fraction of sp³-hybridized carbons (Fsp3) is 0.714. The summed E-state index contributed by atoms with van der Waals surface area (Å²) in [5.74, 6) is 1.09. The molecule has 5 nitrogen and oxygen atoms in total. The van der Waals surface area contributed by atoms with Crippen molar-refractivity contribution >= 4 is 11.7 Å². The third kappa shape index (κ3) is 2.52. The first-order chi connectivity index (χ1) is 8.84. The molecule has 4 N–H and O–H groups in total. The first-order valence-electron chi connectivity index (χ1n) is 6.90. The van der Waals surface area contributed by atoms with Crippen molar-refractivity contribution in [2.75, 3.05) is 5.32 Å². The van der Waals surface area contributed by atoms with Crippen LogP contribution in [0.3, 0.4) is 0 Å². The zero-order valence-corrected chi connectivity index (χ0v) is 12.2. The molecule has 3 unspecified atom stereocenters. The Morgan fingerprint density at radius 2 is 2.21 bits per heavy atom. The average molecular weight is 264 g/mol. The molecular formula is C14H24N4O. The van der Waals surface area contributed by atoms with Gasteiger partial charge in [-0.05, 0) is 31.1 Å². The Labute approximate surface area is 114 Å². The Bertz CT molecular complexity index is 466. The van der Waals surface area contributed by atoms with E-state index in [9.17, 15) is 4.79 Å². The van der Waals surface area contributed by atoms with Gasteiger partial charge in [-0.3, -0.25) is 9.89 Å². The number of amides is 1. The zero-order chi connectivity index (χ0) is 14.2. The second-order valence-electron chi connectivity index (χ2n) is 6.32. The summed E-state index contributed by atoms with van der Waals surface area (Å²) in [5.41, 5.74) is 6.99. The molecule has 3 atom stereocenters. The van der Waals surface area contributed by atoms with Crippen molar-refractivity contribution in [1.82, 2.24) is 10.2 Å². The lowest BCUT2D eigenvalue weighted by Crippen LogP contribution is -2.50. The van der Waals surface area contributed by atoms with E-state index in [1.807, 2.05) is 6.92 Å². The normalized spacial score (nSPS) is 30.1. The predicted octanol–water partition coefficient (Wildman–Crippen LogP) is 2.06. The van der Waals surface area contributed by atoms with Crippen LogP contribution in [0.15, 0.2) is 6.20 Å². The molecule has 2 rings (SSSR count). The second-order valence-corrected chi connectivity index (χ2v) is 6.32. The van der Waals surface area contributed by atoms with Crippen LogP contribution in [0.1, 0.15) is 39.2 Å². The van der Waals surface area contributed by atoms with E-state index in [4.69, 9.17) is 5.73 Å². The highest BCUT2D eigenvalue weighted by molar-refractivity contribution is 5.92. The summed E-state index contributed by atoms with van der Waals surface area (Å²) < 4.78 is 0. The van der Waals surface area contributed by atoms with Crippen molar-refractivity contribution in [1.29, 1.82) is 0 Å². The summed E-state index contributed by atoms with van der Waals surface area (Å²) in [6.45, 7) is 8.34. The summed E-state index contributed by atoms with van der Waals surface area (Å²) in [5, 5.41) is 9.69. The summed E-state index contributed by atoms with van der Waals surface area (Å²) in [6.07, 6.45) is 3.46. The molecule has 1 aromatic heterocycles. The van der Waals surface area contributed by atoms with E-state index >= 15 is 0 Å². The highest BCUT2D eigenvalue weighted by Crippen LogP contribution is 2.44. The molecule has 5 heteroatoms.